The summed E-state index contributed by atoms with van der Waals surface area (Å²) in [5.41, 5.74) is 0.692. The van der Waals surface area contributed by atoms with Gasteiger partial charge in [0.15, 0.2) is 0 Å². The standard InChI is InChI=1S/C15H22N2O3/c1-2-20-14-8-4-3-7-13(14)16-15(19)11-17-9-5-6-12(18)10-17/h3-4,7-8,12,18H,2,5-6,9-11H2,1H3,(H,16,19)/t12-/m0/s1. The summed E-state index contributed by atoms with van der Waals surface area (Å²) in [6.45, 7) is 4.20. The number of carbonyl (C=O) groups is 1. The molecule has 110 valence electrons. The predicted molar refractivity (Wildman–Crippen MR) is 77.9 cm³/mol. The second kappa shape index (κ2) is 7.26. The number of aliphatic hydroxyl groups is 1. The largest absolute Gasteiger partial charge is 0.492 e. The van der Waals surface area contributed by atoms with Gasteiger partial charge < -0.3 is 15.2 Å². The molecule has 5 nitrogen and oxygen atoms in total. The summed E-state index contributed by atoms with van der Waals surface area (Å²) in [6.07, 6.45) is 1.45. The first-order chi connectivity index (χ1) is 9.69. The molecule has 1 heterocycles. The molecular weight excluding hydrogens is 256 g/mol. The summed E-state index contributed by atoms with van der Waals surface area (Å²) in [6, 6.07) is 7.40. The Bertz CT molecular complexity index is 450. The smallest absolute Gasteiger partial charge is 0.238 e. The number of rotatable bonds is 5. The maximum atomic E-state index is 12.1. The topological polar surface area (TPSA) is 61.8 Å². The fourth-order valence-corrected chi connectivity index (χ4v) is 2.42. The summed E-state index contributed by atoms with van der Waals surface area (Å²) in [4.78, 5) is 14.0. The monoisotopic (exact) mass is 278 g/mol. The first kappa shape index (κ1) is 14.8. The van der Waals surface area contributed by atoms with Crippen LogP contribution in [0.25, 0.3) is 0 Å². The Balaban J connectivity index is 1.91. The predicted octanol–water partition coefficient (Wildman–Crippen LogP) is 1.48. The van der Waals surface area contributed by atoms with E-state index in [1.807, 2.05) is 36.1 Å². The third kappa shape index (κ3) is 4.21. The second-order valence-corrected chi connectivity index (χ2v) is 5.01. The normalized spacial score (nSPS) is 19.6. The number of aliphatic hydroxyl groups excluding tert-OH is 1. The van der Waals surface area contributed by atoms with Crippen LogP contribution in [0.3, 0.4) is 0 Å². The molecule has 1 aromatic carbocycles. The Morgan fingerprint density at radius 1 is 1.50 bits per heavy atom. The van der Waals surface area contributed by atoms with Crippen LogP contribution >= 0.6 is 0 Å². The van der Waals surface area contributed by atoms with Gasteiger partial charge >= 0.3 is 0 Å². The van der Waals surface area contributed by atoms with E-state index in [1.165, 1.54) is 0 Å². The molecule has 1 aliphatic heterocycles. The molecule has 0 saturated carbocycles. The molecule has 2 N–H and O–H groups in total. The van der Waals surface area contributed by atoms with Crippen LogP contribution in [0.4, 0.5) is 5.69 Å². The number of piperidine rings is 1. The fraction of sp³-hybridized carbons (Fsp3) is 0.533. The van der Waals surface area contributed by atoms with Crippen molar-refractivity contribution in [3.8, 4) is 5.75 Å². The van der Waals surface area contributed by atoms with E-state index in [-0.39, 0.29) is 12.0 Å². The number of benzene rings is 1. The molecule has 2 rings (SSSR count). The zero-order chi connectivity index (χ0) is 14.4. The Morgan fingerprint density at radius 3 is 3.05 bits per heavy atom. The first-order valence-corrected chi connectivity index (χ1v) is 7.11. The van der Waals surface area contributed by atoms with Gasteiger partial charge in [-0.1, -0.05) is 12.1 Å². The number of ether oxygens (including phenoxy) is 1. The van der Waals surface area contributed by atoms with E-state index in [2.05, 4.69) is 5.32 Å². The van der Waals surface area contributed by atoms with Gasteiger partial charge in [-0.25, -0.2) is 0 Å². The highest BCUT2D eigenvalue weighted by molar-refractivity contribution is 5.93. The number of hydrogen-bond acceptors (Lipinski definition) is 4. The zero-order valence-electron chi connectivity index (χ0n) is 11.8. The van der Waals surface area contributed by atoms with E-state index in [1.54, 1.807) is 0 Å². The number of likely N-dealkylation sites (tertiary alicyclic amines) is 1. The van der Waals surface area contributed by atoms with Crippen LogP contribution in [0.1, 0.15) is 19.8 Å². The quantitative estimate of drug-likeness (QED) is 0.856. The van der Waals surface area contributed by atoms with Crippen LogP contribution in [-0.4, -0.2) is 48.3 Å². The van der Waals surface area contributed by atoms with Crippen molar-refractivity contribution in [1.82, 2.24) is 4.90 Å². The molecule has 0 radical (unpaired) electrons. The second-order valence-electron chi connectivity index (χ2n) is 5.01. The van der Waals surface area contributed by atoms with Crippen molar-refractivity contribution in [2.24, 2.45) is 0 Å². The number of para-hydroxylation sites is 2. The van der Waals surface area contributed by atoms with E-state index < -0.39 is 0 Å². The number of amides is 1. The number of anilines is 1. The van der Waals surface area contributed by atoms with E-state index >= 15 is 0 Å². The highest BCUT2D eigenvalue weighted by Gasteiger charge is 2.20. The van der Waals surface area contributed by atoms with Gasteiger partial charge in [0.1, 0.15) is 5.75 Å². The Morgan fingerprint density at radius 2 is 2.30 bits per heavy atom. The van der Waals surface area contributed by atoms with Crippen LogP contribution in [0.2, 0.25) is 0 Å². The fourth-order valence-electron chi connectivity index (χ4n) is 2.42. The van der Waals surface area contributed by atoms with Crippen molar-refractivity contribution in [3.05, 3.63) is 24.3 Å². The van der Waals surface area contributed by atoms with Gasteiger partial charge in [0, 0.05) is 6.54 Å². The van der Waals surface area contributed by atoms with E-state index in [9.17, 15) is 9.90 Å². The molecule has 1 aromatic rings. The van der Waals surface area contributed by atoms with E-state index in [4.69, 9.17) is 4.74 Å². The lowest BCUT2D eigenvalue weighted by atomic mass is 10.1. The van der Waals surface area contributed by atoms with Gasteiger partial charge in [0.25, 0.3) is 0 Å². The molecule has 0 aromatic heterocycles. The molecule has 1 saturated heterocycles. The summed E-state index contributed by atoms with van der Waals surface area (Å²) in [7, 11) is 0. The average Bonchev–Trinajstić information content (AvgIpc) is 2.41. The summed E-state index contributed by atoms with van der Waals surface area (Å²) in [5.74, 6) is 0.605. The van der Waals surface area contributed by atoms with Gasteiger partial charge in [-0.15, -0.1) is 0 Å². The van der Waals surface area contributed by atoms with Crippen molar-refractivity contribution >= 4 is 11.6 Å². The van der Waals surface area contributed by atoms with E-state index in [0.29, 0.717) is 31.1 Å². The lowest BCUT2D eigenvalue weighted by Gasteiger charge is -2.29. The number of nitrogens with one attached hydrogen (secondary N) is 1. The van der Waals surface area contributed by atoms with Crippen molar-refractivity contribution in [3.63, 3.8) is 0 Å². The third-order valence-electron chi connectivity index (χ3n) is 3.31. The first-order valence-electron chi connectivity index (χ1n) is 7.11. The molecule has 1 aliphatic rings. The number of carbonyl (C=O) groups excluding carboxylic acids is 1. The minimum absolute atomic E-state index is 0.0775. The molecule has 0 unspecified atom stereocenters. The van der Waals surface area contributed by atoms with Crippen molar-refractivity contribution in [1.29, 1.82) is 0 Å². The lowest BCUT2D eigenvalue weighted by molar-refractivity contribution is -0.118. The van der Waals surface area contributed by atoms with Gasteiger partial charge in [-0.2, -0.15) is 0 Å². The van der Waals surface area contributed by atoms with Crippen LogP contribution < -0.4 is 10.1 Å². The van der Waals surface area contributed by atoms with Crippen LogP contribution in [0, 0.1) is 0 Å². The van der Waals surface area contributed by atoms with E-state index in [0.717, 1.165) is 19.4 Å². The van der Waals surface area contributed by atoms with Crippen molar-refractivity contribution in [2.45, 2.75) is 25.9 Å². The molecule has 1 atom stereocenters. The number of hydrogen-bond donors (Lipinski definition) is 2. The maximum absolute atomic E-state index is 12.1. The summed E-state index contributed by atoms with van der Waals surface area (Å²) < 4.78 is 5.48. The van der Waals surface area contributed by atoms with Crippen LogP contribution in [0.15, 0.2) is 24.3 Å². The van der Waals surface area contributed by atoms with Gasteiger partial charge in [-0.3, -0.25) is 9.69 Å². The van der Waals surface area contributed by atoms with Gasteiger partial charge in [0.2, 0.25) is 5.91 Å². The molecule has 1 fully saturated rings. The number of β-amino-alcohol motifs (C(OH)–C–C–N with tert-alkyl or cyclic N) is 1. The molecule has 20 heavy (non-hydrogen) atoms. The summed E-state index contributed by atoms with van der Waals surface area (Å²) in [5, 5.41) is 12.5. The minimum Gasteiger partial charge on any atom is -0.492 e. The van der Waals surface area contributed by atoms with Crippen LogP contribution in [0.5, 0.6) is 5.75 Å². The molecule has 1 amide bonds. The minimum atomic E-state index is -0.313. The molecule has 5 heteroatoms. The van der Waals surface area contributed by atoms with Crippen LogP contribution in [-0.2, 0) is 4.79 Å². The van der Waals surface area contributed by atoms with Crippen molar-refractivity contribution in [2.75, 3.05) is 31.6 Å². The molecule has 0 spiro atoms. The van der Waals surface area contributed by atoms with Crippen molar-refractivity contribution < 1.29 is 14.6 Å². The third-order valence-corrected chi connectivity index (χ3v) is 3.31. The Labute approximate surface area is 119 Å². The SMILES string of the molecule is CCOc1ccccc1NC(=O)CN1CCC[C@H](O)C1. The lowest BCUT2D eigenvalue weighted by Crippen LogP contribution is -2.42. The summed E-state index contributed by atoms with van der Waals surface area (Å²) >= 11 is 0. The zero-order valence-corrected chi connectivity index (χ0v) is 11.8. The van der Waals surface area contributed by atoms with Gasteiger partial charge in [-0.05, 0) is 38.4 Å². The average molecular weight is 278 g/mol. The molecule has 0 aliphatic carbocycles. The molecule has 0 bridgehead atoms. The highest BCUT2D eigenvalue weighted by Crippen LogP contribution is 2.23. The maximum Gasteiger partial charge on any atom is 0.238 e. The molecular formula is C15H22N2O3. The van der Waals surface area contributed by atoms with Gasteiger partial charge in [0.05, 0.1) is 24.9 Å². The highest BCUT2D eigenvalue weighted by atomic mass is 16.5. The number of nitrogens with zero attached hydrogens (tertiary/aromatic N) is 1. The Hall–Kier alpha value is -1.59. The Kier molecular flexibility index (Phi) is 5.38.